The van der Waals surface area contributed by atoms with Gasteiger partial charge >= 0.3 is 12.1 Å². The highest BCUT2D eigenvalue weighted by molar-refractivity contribution is 5.71. The largest absolute Gasteiger partial charge is 0.496 e. The highest BCUT2D eigenvalue weighted by Gasteiger charge is 2.21. The number of esters is 1. The van der Waals surface area contributed by atoms with Gasteiger partial charge in [0, 0.05) is 36.1 Å². The lowest BCUT2D eigenvalue weighted by molar-refractivity contribution is -0.145. The number of nitrogens with one attached hydrogen (secondary N) is 2. The Hall–Kier alpha value is -5.72. The van der Waals surface area contributed by atoms with E-state index in [-0.39, 0.29) is 13.2 Å². The fraction of sp³-hybridized carbons (Fsp3) is 0.333. The van der Waals surface area contributed by atoms with Crippen LogP contribution in [0.1, 0.15) is 38.8 Å². The molecule has 0 unspecified atom stereocenters. The molecule has 0 aliphatic carbocycles. The molecule has 0 aliphatic rings. The van der Waals surface area contributed by atoms with Crippen LogP contribution in [0, 0.1) is 0 Å². The van der Waals surface area contributed by atoms with Crippen LogP contribution in [0.25, 0.3) is 0 Å². The number of carbonyl (C=O) groups is 2. The van der Waals surface area contributed by atoms with E-state index < -0.39 is 17.7 Å². The number of benzene rings is 3. The zero-order valence-electron chi connectivity index (χ0n) is 28.9. The molecule has 0 saturated heterocycles. The number of anilines is 4. The molecule has 49 heavy (non-hydrogen) atoms. The Kier molecular flexibility index (Phi) is 12.5. The van der Waals surface area contributed by atoms with Crippen molar-refractivity contribution in [2.75, 3.05) is 44.8 Å². The molecule has 0 aliphatic heterocycles. The summed E-state index contributed by atoms with van der Waals surface area (Å²) in [4.78, 5) is 35.1. The van der Waals surface area contributed by atoms with Gasteiger partial charge in [0.15, 0.2) is 6.61 Å². The summed E-state index contributed by atoms with van der Waals surface area (Å²) in [5.41, 5.74) is 2.52. The van der Waals surface area contributed by atoms with Crippen LogP contribution in [-0.2, 0) is 27.4 Å². The summed E-state index contributed by atoms with van der Waals surface area (Å²) in [6.45, 7) is 7.85. The fourth-order valence-corrected chi connectivity index (χ4v) is 4.71. The van der Waals surface area contributed by atoms with E-state index in [1.165, 1.54) is 6.33 Å². The minimum absolute atomic E-state index is 0.173. The second-order valence-corrected chi connectivity index (χ2v) is 11.6. The van der Waals surface area contributed by atoms with Gasteiger partial charge in [0.25, 0.3) is 0 Å². The maximum atomic E-state index is 12.4. The molecule has 4 aromatic rings. The van der Waals surface area contributed by atoms with E-state index in [1.54, 1.807) is 52.5 Å². The van der Waals surface area contributed by atoms with E-state index in [4.69, 9.17) is 28.4 Å². The van der Waals surface area contributed by atoms with Crippen LogP contribution in [0.4, 0.5) is 27.8 Å². The Morgan fingerprint density at radius 1 is 0.857 bits per heavy atom. The Bertz CT molecular complexity index is 1680. The molecular weight excluding hydrogens is 630 g/mol. The van der Waals surface area contributed by atoms with Crippen molar-refractivity contribution >= 4 is 35.1 Å². The third kappa shape index (κ3) is 10.6. The molecule has 0 saturated carbocycles. The van der Waals surface area contributed by atoms with E-state index in [9.17, 15) is 9.59 Å². The van der Waals surface area contributed by atoms with Crippen LogP contribution in [0.3, 0.4) is 0 Å². The third-order valence-corrected chi connectivity index (χ3v) is 6.91. The molecular formula is C36H43N5O8. The smallest absolute Gasteiger partial charge is 0.407 e. The molecule has 0 spiro atoms. The zero-order chi connectivity index (χ0) is 35.4. The first kappa shape index (κ1) is 36.1. The van der Waals surface area contributed by atoms with Crippen molar-refractivity contribution in [2.45, 2.75) is 46.4 Å². The number of aromatic nitrogens is 2. The lowest BCUT2D eigenvalue weighted by Crippen LogP contribution is -2.32. The van der Waals surface area contributed by atoms with Gasteiger partial charge in [0.1, 0.15) is 46.6 Å². The number of hydrogen-bond donors (Lipinski definition) is 2. The number of methoxy groups -OCH3 is 3. The number of amides is 1. The van der Waals surface area contributed by atoms with Crippen LogP contribution in [0.5, 0.6) is 23.0 Å². The maximum absolute atomic E-state index is 12.4. The number of ether oxygens (including phenoxy) is 6. The van der Waals surface area contributed by atoms with Crippen LogP contribution < -0.4 is 34.5 Å². The summed E-state index contributed by atoms with van der Waals surface area (Å²) in [6.07, 6.45) is 0.963. The minimum atomic E-state index is -0.613. The van der Waals surface area contributed by atoms with Gasteiger partial charge in [-0.3, -0.25) is 0 Å². The molecule has 0 fully saturated rings. The van der Waals surface area contributed by atoms with E-state index in [0.29, 0.717) is 47.8 Å². The van der Waals surface area contributed by atoms with Crippen molar-refractivity contribution < 1.29 is 38.0 Å². The van der Waals surface area contributed by atoms with Gasteiger partial charge in [-0.15, -0.1) is 0 Å². The number of carbonyl (C=O) groups excluding carboxylic acids is 2. The first-order valence-electron chi connectivity index (χ1n) is 15.6. The van der Waals surface area contributed by atoms with E-state index in [0.717, 1.165) is 22.5 Å². The normalized spacial score (nSPS) is 10.8. The standard InChI is InChI=1S/C36H43N5O8/c1-8-47-34(42)22-48-27-14-12-25(13-15-27)40-32-19-33(39-23-38-32)41(21-29-30(45-6)17-28(44-5)18-31(29)46-7)26-11-9-10-24(16-26)20-37-35(43)49-36(2,3)4/h9-19,23H,8,20-22H2,1-7H3,(H,37,43)(H,38,39,40). The average Bonchev–Trinajstić information content (AvgIpc) is 3.08. The minimum Gasteiger partial charge on any atom is -0.496 e. The molecule has 13 heteroatoms. The molecule has 0 bridgehead atoms. The SMILES string of the molecule is CCOC(=O)COc1ccc(Nc2cc(N(Cc3c(OC)cc(OC)cc3OC)c3cccc(CNC(=O)OC(C)(C)C)c3)ncn2)cc1. The van der Waals surface area contributed by atoms with Crippen LogP contribution >= 0.6 is 0 Å². The lowest BCUT2D eigenvalue weighted by Gasteiger charge is -2.27. The van der Waals surface area contributed by atoms with Gasteiger partial charge in [-0.25, -0.2) is 19.6 Å². The summed E-state index contributed by atoms with van der Waals surface area (Å²) >= 11 is 0. The van der Waals surface area contributed by atoms with Gasteiger partial charge in [-0.1, -0.05) is 12.1 Å². The highest BCUT2D eigenvalue weighted by atomic mass is 16.6. The summed E-state index contributed by atoms with van der Waals surface area (Å²) in [5, 5.41) is 6.12. The van der Waals surface area contributed by atoms with Crippen LogP contribution in [0.2, 0.25) is 0 Å². The van der Waals surface area contributed by atoms with Gasteiger partial charge in [0.2, 0.25) is 0 Å². The lowest BCUT2D eigenvalue weighted by atomic mass is 10.1. The maximum Gasteiger partial charge on any atom is 0.407 e. The molecule has 0 radical (unpaired) electrons. The Morgan fingerprint density at radius 2 is 1.57 bits per heavy atom. The van der Waals surface area contributed by atoms with E-state index in [2.05, 4.69) is 20.6 Å². The third-order valence-electron chi connectivity index (χ3n) is 6.91. The molecule has 1 aromatic heterocycles. The first-order chi connectivity index (χ1) is 23.5. The van der Waals surface area contributed by atoms with Crippen molar-refractivity contribution in [1.29, 1.82) is 0 Å². The Balaban J connectivity index is 1.65. The van der Waals surface area contributed by atoms with E-state index in [1.807, 2.05) is 68.1 Å². The van der Waals surface area contributed by atoms with Crippen molar-refractivity contribution in [3.8, 4) is 23.0 Å². The predicted octanol–water partition coefficient (Wildman–Crippen LogP) is 6.55. The second kappa shape index (κ2) is 16.9. The second-order valence-electron chi connectivity index (χ2n) is 11.6. The topological polar surface area (TPSA) is 143 Å². The van der Waals surface area contributed by atoms with Crippen molar-refractivity contribution in [1.82, 2.24) is 15.3 Å². The number of hydrogen-bond acceptors (Lipinski definition) is 12. The molecule has 3 aromatic carbocycles. The molecule has 1 amide bonds. The monoisotopic (exact) mass is 673 g/mol. The Morgan fingerprint density at radius 3 is 2.20 bits per heavy atom. The number of nitrogens with zero attached hydrogens (tertiary/aromatic N) is 3. The molecule has 0 atom stereocenters. The summed E-state index contributed by atoms with van der Waals surface area (Å²) in [6, 6.07) is 20.3. The van der Waals surface area contributed by atoms with Gasteiger partial charge < -0.3 is 44.0 Å². The molecule has 1 heterocycles. The number of rotatable bonds is 15. The van der Waals surface area contributed by atoms with Gasteiger partial charge in [-0.05, 0) is 69.7 Å². The summed E-state index contributed by atoms with van der Waals surface area (Å²) in [5.74, 6) is 2.93. The van der Waals surface area contributed by atoms with E-state index >= 15 is 0 Å². The predicted molar refractivity (Wildman–Crippen MR) is 185 cm³/mol. The average molecular weight is 674 g/mol. The van der Waals surface area contributed by atoms with Gasteiger partial charge in [0.05, 0.1) is 40.0 Å². The van der Waals surface area contributed by atoms with Crippen LogP contribution in [0.15, 0.2) is 73.1 Å². The summed E-state index contributed by atoms with van der Waals surface area (Å²) < 4.78 is 32.8. The van der Waals surface area contributed by atoms with Crippen molar-refractivity contribution in [2.24, 2.45) is 0 Å². The van der Waals surface area contributed by atoms with Gasteiger partial charge in [-0.2, -0.15) is 0 Å². The van der Waals surface area contributed by atoms with Crippen molar-refractivity contribution in [3.63, 3.8) is 0 Å². The zero-order valence-corrected chi connectivity index (χ0v) is 28.9. The summed E-state index contributed by atoms with van der Waals surface area (Å²) in [7, 11) is 4.76. The highest BCUT2D eigenvalue weighted by Crippen LogP contribution is 2.38. The number of alkyl carbamates (subject to hydrolysis) is 1. The first-order valence-corrected chi connectivity index (χ1v) is 15.6. The molecule has 2 N–H and O–H groups in total. The quantitative estimate of drug-likeness (QED) is 0.132. The Labute approximate surface area is 286 Å². The molecule has 4 rings (SSSR count). The van der Waals surface area contributed by atoms with Crippen molar-refractivity contribution in [3.05, 3.63) is 84.2 Å². The van der Waals surface area contributed by atoms with Crippen LogP contribution in [-0.4, -0.2) is 62.2 Å². The molecule has 13 nitrogen and oxygen atoms in total. The molecule has 260 valence electrons. The fourth-order valence-electron chi connectivity index (χ4n) is 4.71.